The first-order chi connectivity index (χ1) is 9.59. The smallest absolute Gasteiger partial charge is 0.220 e. The van der Waals surface area contributed by atoms with Crippen LogP contribution in [0.15, 0.2) is 24.3 Å². The van der Waals surface area contributed by atoms with E-state index in [4.69, 9.17) is 5.73 Å². The van der Waals surface area contributed by atoms with E-state index >= 15 is 0 Å². The van der Waals surface area contributed by atoms with E-state index in [0.717, 1.165) is 24.2 Å². The van der Waals surface area contributed by atoms with Crippen molar-refractivity contribution in [2.75, 3.05) is 12.3 Å². The van der Waals surface area contributed by atoms with Crippen molar-refractivity contribution in [2.24, 2.45) is 5.41 Å². The first-order valence-corrected chi connectivity index (χ1v) is 7.69. The Morgan fingerprint density at radius 1 is 1.25 bits per heavy atom. The molecule has 0 saturated heterocycles. The molecule has 0 heterocycles. The molecule has 0 unspecified atom stereocenters. The summed E-state index contributed by atoms with van der Waals surface area (Å²) in [6.45, 7) is 3.11. The topological polar surface area (TPSA) is 55.1 Å². The van der Waals surface area contributed by atoms with Crippen molar-refractivity contribution in [3.05, 3.63) is 29.8 Å². The van der Waals surface area contributed by atoms with E-state index in [2.05, 4.69) is 12.2 Å². The molecule has 1 saturated carbocycles. The van der Waals surface area contributed by atoms with E-state index in [1.54, 1.807) is 0 Å². The van der Waals surface area contributed by atoms with E-state index in [0.29, 0.717) is 11.8 Å². The van der Waals surface area contributed by atoms with E-state index < -0.39 is 0 Å². The highest BCUT2D eigenvalue weighted by atomic mass is 16.1. The molecule has 1 fully saturated rings. The molecule has 3 N–H and O–H groups in total. The summed E-state index contributed by atoms with van der Waals surface area (Å²) in [6.07, 6.45) is 7.65. The number of carbonyl (C=O) groups excluding carboxylic acids is 1. The maximum absolute atomic E-state index is 12.0. The second-order valence-corrected chi connectivity index (χ2v) is 6.35. The molecule has 0 atom stereocenters. The third-order valence-electron chi connectivity index (χ3n) is 4.45. The van der Waals surface area contributed by atoms with Gasteiger partial charge in [-0.25, -0.2) is 0 Å². The molecule has 1 aliphatic carbocycles. The summed E-state index contributed by atoms with van der Waals surface area (Å²) < 4.78 is 0. The normalized spacial score (nSPS) is 17.6. The summed E-state index contributed by atoms with van der Waals surface area (Å²) in [6, 6.07) is 7.76. The average Bonchev–Trinajstić information content (AvgIpc) is 2.45. The number of carbonyl (C=O) groups is 1. The monoisotopic (exact) mass is 274 g/mol. The van der Waals surface area contributed by atoms with Crippen molar-refractivity contribution in [3.8, 4) is 0 Å². The minimum absolute atomic E-state index is 0.139. The van der Waals surface area contributed by atoms with Crippen LogP contribution >= 0.6 is 0 Å². The van der Waals surface area contributed by atoms with E-state index in [-0.39, 0.29) is 5.91 Å². The van der Waals surface area contributed by atoms with Crippen molar-refractivity contribution in [1.29, 1.82) is 0 Å². The van der Waals surface area contributed by atoms with Crippen molar-refractivity contribution >= 4 is 11.6 Å². The Hall–Kier alpha value is -1.51. The van der Waals surface area contributed by atoms with Crippen LogP contribution in [0.5, 0.6) is 0 Å². The molecule has 1 aromatic rings. The van der Waals surface area contributed by atoms with Crippen LogP contribution < -0.4 is 11.1 Å². The summed E-state index contributed by atoms with van der Waals surface area (Å²) in [5.74, 6) is 0.139. The van der Waals surface area contributed by atoms with Crippen LogP contribution in [0.25, 0.3) is 0 Å². The van der Waals surface area contributed by atoms with E-state index in [1.807, 2.05) is 24.3 Å². The number of nitrogens with one attached hydrogen (secondary N) is 1. The minimum atomic E-state index is 0.139. The second-order valence-electron chi connectivity index (χ2n) is 6.35. The molecule has 3 heteroatoms. The fraction of sp³-hybridized carbons (Fsp3) is 0.588. The van der Waals surface area contributed by atoms with Crippen molar-refractivity contribution in [3.63, 3.8) is 0 Å². The Morgan fingerprint density at radius 3 is 2.65 bits per heavy atom. The number of nitrogen functional groups attached to an aromatic ring is 1. The molecule has 0 radical (unpaired) electrons. The van der Waals surface area contributed by atoms with Crippen LogP contribution in [0.2, 0.25) is 0 Å². The predicted octanol–water partition coefficient (Wildman–Crippen LogP) is 3.29. The molecular formula is C17H26N2O. The van der Waals surface area contributed by atoms with E-state index in [1.165, 1.54) is 32.1 Å². The Bertz CT molecular complexity index is 450. The van der Waals surface area contributed by atoms with Gasteiger partial charge in [-0.3, -0.25) is 4.79 Å². The van der Waals surface area contributed by atoms with Gasteiger partial charge in [0.2, 0.25) is 5.91 Å². The van der Waals surface area contributed by atoms with Gasteiger partial charge in [0.25, 0.3) is 0 Å². The molecule has 0 spiro atoms. The van der Waals surface area contributed by atoms with Gasteiger partial charge in [-0.15, -0.1) is 0 Å². The van der Waals surface area contributed by atoms with Crippen LogP contribution in [0.3, 0.4) is 0 Å². The van der Waals surface area contributed by atoms with Gasteiger partial charge in [0.15, 0.2) is 0 Å². The SMILES string of the molecule is CC1(CNC(=O)CCc2ccccc2N)CCCCC1. The Labute approximate surface area is 121 Å². The Kier molecular flexibility index (Phi) is 5.05. The van der Waals surface area contributed by atoms with Gasteiger partial charge in [-0.1, -0.05) is 44.4 Å². The second kappa shape index (κ2) is 6.78. The lowest BCUT2D eigenvalue weighted by atomic mass is 9.76. The summed E-state index contributed by atoms with van der Waals surface area (Å²) in [7, 11) is 0. The van der Waals surface area contributed by atoms with Crippen molar-refractivity contribution in [2.45, 2.75) is 51.9 Å². The molecule has 110 valence electrons. The maximum Gasteiger partial charge on any atom is 0.220 e. The molecular weight excluding hydrogens is 248 g/mol. The molecule has 20 heavy (non-hydrogen) atoms. The van der Waals surface area contributed by atoms with Crippen LogP contribution in [-0.4, -0.2) is 12.5 Å². The molecule has 1 aliphatic rings. The largest absolute Gasteiger partial charge is 0.399 e. The zero-order valence-corrected chi connectivity index (χ0v) is 12.5. The fourth-order valence-corrected chi connectivity index (χ4v) is 2.99. The van der Waals surface area contributed by atoms with Crippen LogP contribution in [-0.2, 0) is 11.2 Å². The zero-order valence-electron chi connectivity index (χ0n) is 12.5. The number of benzene rings is 1. The summed E-state index contributed by atoms with van der Waals surface area (Å²) >= 11 is 0. The van der Waals surface area contributed by atoms with Gasteiger partial charge in [0, 0.05) is 18.7 Å². The van der Waals surface area contributed by atoms with E-state index in [9.17, 15) is 4.79 Å². The van der Waals surface area contributed by atoms with Crippen molar-refractivity contribution in [1.82, 2.24) is 5.32 Å². The lowest BCUT2D eigenvalue weighted by molar-refractivity contribution is -0.121. The highest BCUT2D eigenvalue weighted by molar-refractivity contribution is 5.76. The Morgan fingerprint density at radius 2 is 1.95 bits per heavy atom. The third-order valence-corrected chi connectivity index (χ3v) is 4.45. The van der Waals surface area contributed by atoms with Gasteiger partial charge in [0.1, 0.15) is 0 Å². The summed E-state index contributed by atoms with van der Waals surface area (Å²) in [4.78, 5) is 12.0. The predicted molar refractivity (Wildman–Crippen MR) is 83.4 cm³/mol. The van der Waals surface area contributed by atoms with Gasteiger partial charge < -0.3 is 11.1 Å². The number of para-hydroxylation sites is 1. The number of anilines is 1. The standard InChI is InChI=1S/C17H26N2O/c1-17(11-5-2-6-12-17)13-19-16(20)10-9-14-7-3-4-8-15(14)18/h3-4,7-8H,2,5-6,9-13,18H2,1H3,(H,19,20). The maximum atomic E-state index is 12.0. The minimum Gasteiger partial charge on any atom is -0.399 e. The first-order valence-electron chi connectivity index (χ1n) is 7.69. The van der Waals surface area contributed by atoms with Gasteiger partial charge in [-0.2, -0.15) is 0 Å². The number of hydrogen-bond acceptors (Lipinski definition) is 2. The summed E-state index contributed by atoms with van der Waals surface area (Å²) in [5, 5.41) is 3.10. The van der Waals surface area contributed by atoms with Gasteiger partial charge in [-0.05, 0) is 36.3 Å². The summed E-state index contributed by atoms with van der Waals surface area (Å²) in [5.41, 5.74) is 8.03. The fourth-order valence-electron chi connectivity index (χ4n) is 2.99. The van der Waals surface area contributed by atoms with Gasteiger partial charge >= 0.3 is 0 Å². The average molecular weight is 274 g/mol. The highest BCUT2D eigenvalue weighted by Gasteiger charge is 2.26. The van der Waals surface area contributed by atoms with Crippen molar-refractivity contribution < 1.29 is 4.79 Å². The number of rotatable bonds is 5. The molecule has 0 aromatic heterocycles. The van der Waals surface area contributed by atoms with Crippen LogP contribution in [0, 0.1) is 5.41 Å². The lowest BCUT2D eigenvalue weighted by Gasteiger charge is -2.33. The van der Waals surface area contributed by atoms with Gasteiger partial charge in [0.05, 0.1) is 0 Å². The molecule has 1 amide bonds. The number of aryl methyl sites for hydroxylation is 1. The molecule has 3 nitrogen and oxygen atoms in total. The van der Waals surface area contributed by atoms with Crippen LogP contribution in [0.1, 0.15) is 51.0 Å². The quantitative estimate of drug-likeness (QED) is 0.810. The molecule has 2 rings (SSSR count). The first kappa shape index (κ1) is 14.9. The molecule has 0 aliphatic heterocycles. The third kappa shape index (κ3) is 4.26. The number of nitrogens with two attached hydrogens (primary N) is 1. The lowest BCUT2D eigenvalue weighted by Crippen LogP contribution is -2.37. The molecule has 0 bridgehead atoms. The highest BCUT2D eigenvalue weighted by Crippen LogP contribution is 2.34. The van der Waals surface area contributed by atoms with Crippen LogP contribution in [0.4, 0.5) is 5.69 Å². The molecule has 1 aromatic carbocycles. The zero-order chi connectivity index (χ0) is 14.4. The Balaban J connectivity index is 1.74. The number of amides is 1. The number of hydrogen-bond donors (Lipinski definition) is 2.